The molecule has 0 aliphatic carbocycles. The summed E-state index contributed by atoms with van der Waals surface area (Å²) in [6, 6.07) is 17.0. The monoisotopic (exact) mass is 463 g/mol. The number of fused-ring (bicyclic) bond motifs is 1. The number of carbonyl (C=O) groups excluding carboxylic acids is 2. The lowest BCUT2D eigenvalue weighted by Crippen LogP contribution is -2.21. The zero-order valence-corrected chi connectivity index (χ0v) is 18.3. The molecule has 6 nitrogen and oxygen atoms in total. The number of hydrogen-bond acceptors (Lipinski definition) is 6. The molecule has 0 atom stereocenters. The predicted molar refractivity (Wildman–Crippen MR) is 119 cm³/mol. The number of sulfone groups is 1. The Morgan fingerprint density at radius 1 is 1.03 bits per heavy atom. The number of hydrogen-bond donors (Lipinski definition) is 1. The van der Waals surface area contributed by atoms with Gasteiger partial charge in [0.1, 0.15) is 0 Å². The van der Waals surface area contributed by atoms with Gasteiger partial charge in [-0.1, -0.05) is 35.9 Å². The Bertz CT molecular complexity index is 1190. The minimum Gasteiger partial charge on any atom is -0.455 e. The number of esters is 1. The maximum atomic E-state index is 12.0. The summed E-state index contributed by atoms with van der Waals surface area (Å²) in [7, 11) is -3.31. The van der Waals surface area contributed by atoms with Crippen molar-refractivity contribution in [1.82, 2.24) is 0 Å². The van der Waals surface area contributed by atoms with Gasteiger partial charge in [-0.3, -0.25) is 9.59 Å². The second-order valence-electron chi connectivity index (χ2n) is 6.39. The Labute approximate surface area is 183 Å². The van der Waals surface area contributed by atoms with Gasteiger partial charge >= 0.3 is 5.97 Å². The first kappa shape index (κ1) is 22.1. The number of anilines is 1. The van der Waals surface area contributed by atoms with Gasteiger partial charge in [0, 0.05) is 27.2 Å². The summed E-state index contributed by atoms with van der Waals surface area (Å²) in [5.41, 5.74) is 0.406. The van der Waals surface area contributed by atoms with E-state index in [1.165, 1.54) is 36.0 Å². The van der Waals surface area contributed by atoms with Gasteiger partial charge < -0.3 is 10.1 Å². The molecule has 0 radical (unpaired) electrons. The van der Waals surface area contributed by atoms with Gasteiger partial charge in [0.25, 0.3) is 5.91 Å². The molecule has 1 amide bonds. The maximum absolute atomic E-state index is 12.0. The van der Waals surface area contributed by atoms with Crippen LogP contribution in [-0.2, 0) is 24.2 Å². The summed E-state index contributed by atoms with van der Waals surface area (Å²) in [5, 5.41) is 4.99. The lowest BCUT2D eigenvalue weighted by atomic mass is 10.1. The van der Waals surface area contributed by atoms with Crippen LogP contribution in [0.2, 0.25) is 5.02 Å². The third-order valence-corrected chi connectivity index (χ3v) is 6.57. The highest BCUT2D eigenvalue weighted by atomic mass is 35.5. The van der Waals surface area contributed by atoms with Gasteiger partial charge in [-0.15, -0.1) is 11.8 Å². The first-order valence-corrected chi connectivity index (χ1v) is 12.1. The molecule has 3 aromatic rings. The molecule has 0 aromatic heterocycles. The molecule has 30 heavy (non-hydrogen) atoms. The predicted octanol–water partition coefficient (Wildman–Crippen LogP) is 4.17. The largest absolute Gasteiger partial charge is 0.455 e. The van der Waals surface area contributed by atoms with Gasteiger partial charge in [0.2, 0.25) is 0 Å². The molecule has 0 bridgehead atoms. The van der Waals surface area contributed by atoms with E-state index in [4.69, 9.17) is 16.3 Å². The van der Waals surface area contributed by atoms with E-state index in [-0.39, 0.29) is 10.6 Å². The van der Waals surface area contributed by atoms with Crippen LogP contribution in [0.15, 0.2) is 70.5 Å². The molecule has 0 saturated carbocycles. The molecule has 0 aliphatic rings. The molecular weight excluding hydrogens is 446 g/mol. The van der Waals surface area contributed by atoms with Crippen molar-refractivity contribution in [2.24, 2.45) is 0 Å². The van der Waals surface area contributed by atoms with Crippen LogP contribution in [0.4, 0.5) is 5.69 Å². The van der Waals surface area contributed by atoms with Crippen LogP contribution in [0.3, 0.4) is 0 Å². The van der Waals surface area contributed by atoms with Crippen LogP contribution in [0.1, 0.15) is 0 Å². The van der Waals surface area contributed by atoms with Gasteiger partial charge in [0.05, 0.1) is 10.6 Å². The minimum absolute atomic E-state index is 0.0284. The molecule has 0 fully saturated rings. The van der Waals surface area contributed by atoms with Crippen molar-refractivity contribution in [3.63, 3.8) is 0 Å². The zero-order valence-electron chi connectivity index (χ0n) is 15.9. The maximum Gasteiger partial charge on any atom is 0.316 e. The summed E-state index contributed by atoms with van der Waals surface area (Å²) in [6.45, 7) is -0.441. The third-order valence-electron chi connectivity index (χ3n) is 4.09. The van der Waals surface area contributed by atoms with Crippen molar-refractivity contribution in [2.45, 2.75) is 9.79 Å². The van der Waals surface area contributed by atoms with Crippen molar-refractivity contribution in [1.29, 1.82) is 0 Å². The van der Waals surface area contributed by atoms with E-state index in [1.54, 1.807) is 6.07 Å². The summed E-state index contributed by atoms with van der Waals surface area (Å²) in [5.74, 6) is -1.03. The number of ether oxygens (including phenoxy) is 1. The number of rotatable bonds is 7. The summed E-state index contributed by atoms with van der Waals surface area (Å²) >= 11 is 7.56. The van der Waals surface area contributed by atoms with E-state index in [9.17, 15) is 18.0 Å². The van der Waals surface area contributed by atoms with E-state index < -0.39 is 28.3 Å². The van der Waals surface area contributed by atoms with Gasteiger partial charge in [0.15, 0.2) is 16.4 Å². The molecule has 156 valence electrons. The molecule has 0 saturated heterocycles. The second kappa shape index (κ2) is 9.51. The highest BCUT2D eigenvalue weighted by Crippen LogP contribution is 2.33. The Kier molecular flexibility index (Phi) is 7.02. The Hall–Kier alpha value is -2.55. The Morgan fingerprint density at radius 2 is 1.70 bits per heavy atom. The van der Waals surface area contributed by atoms with Crippen molar-refractivity contribution < 1.29 is 22.7 Å². The van der Waals surface area contributed by atoms with Crippen LogP contribution in [0.5, 0.6) is 0 Å². The van der Waals surface area contributed by atoms with Crippen LogP contribution < -0.4 is 5.32 Å². The first-order chi connectivity index (χ1) is 14.2. The molecule has 9 heteroatoms. The molecule has 0 unspecified atom stereocenters. The average molecular weight is 464 g/mol. The number of benzene rings is 3. The van der Waals surface area contributed by atoms with E-state index in [2.05, 4.69) is 5.32 Å². The van der Waals surface area contributed by atoms with Crippen molar-refractivity contribution in [2.75, 3.05) is 23.9 Å². The van der Waals surface area contributed by atoms with Crippen LogP contribution in [-0.4, -0.2) is 38.9 Å². The van der Waals surface area contributed by atoms with E-state index in [0.717, 1.165) is 21.9 Å². The fourth-order valence-electron chi connectivity index (χ4n) is 2.69. The summed E-state index contributed by atoms with van der Waals surface area (Å²) in [6.07, 6.45) is 1.10. The fourth-order valence-corrected chi connectivity index (χ4v) is 4.56. The fraction of sp³-hybridized carbons (Fsp3) is 0.143. The van der Waals surface area contributed by atoms with Crippen LogP contribution >= 0.6 is 23.4 Å². The highest BCUT2D eigenvalue weighted by Gasteiger charge is 2.12. The molecule has 3 rings (SSSR count). The molecule has 3 aromatic carbocycles. The summed E-state index contributed by atoms with van der Waals surface area (Å²) in [4.78, 5) is 25.0. The molecule has 1 N–H and O–H groups in total. The van der Waals surface area contributed by atoms with Gasteiger partial charge in [-0.2, -0.15) is 0 Å². The van der Waals surface area contributed by atoms with Crippen molar-refractivity contribution >= 4 is 61.5 Å². The highest BCUT2D eigenvalue weighted by molar-refractivity contribution is 8.00. The van der Waals surface area contributed by atoms with Crippen molar-refractivity contribution in [3.05, 3.63) is 65.7 Å². The first-order valence-electron chi connectivity index (χ1n) is 8.80. The quantitative estimate of drug-likeness (QED) is 0.418. The average Bonchev–Trinajstić information content (AvgIpc) is 2.70. The molecule has 0 spiro atoms. The topological polar surface area (TPSA) is 89.5 Å². The lowest BCUT2D eigenvalue weighted by Gasteiger charge is -2.09. The molecule has 0 aliphatic heterocycles. The molecule has 0 heterocycles. The van der Waals surface area contributed by atoms with Crippen LogP contribution in [0.25, 0.3) is 10.8 Å². The van der Waals surface area contributed by atoms with E-state index in [0.29, 0.717) is 10.7 Å². The standard InChI is InChI=1S/C21H18ClNO5S2/c1-30(26,27)16-10-8-15(9-11-16)23-19(24)12-28-20(25)13-29-18-7-3-5-14-4-2-6-17(22)21(14)18/h2-11H,12-13H2,1H3,(H,23,24). The normalized spacial score (nSPS) is 11.3. The number of halogens is 1. The molecular formula is C21H18ClNO5S2. The Balaban J connectivity index is 1.51. The Morgan fingerprint density at radius 3 is 2.37 bits per heavy atom. The number of amides is 1. The van der Waals surface area contributed by atoms with E-state index in [1.807, 2.05) is 30.3 Å². The summed E-state index contributed by atoms with van der Waals surface area (Å²) < 4.78 is 27.9. The third kappa shape index (κ3) is 5.75. The second-order valence-corrected chi connectivity index (χ2v) is 9.83. The smallest absolute Gasteiger partial charge is 0.316 e. The van der Waals surface area contributed by atoms with E-state index >= 15 is 0 Å². The van der Waals surface area contributed by atoms with Crippen molar-refractivity contribution in [3.8, 4) is 0 Å². The van der Waals surface area contributed by atoms with Gasteiger partial charge in [-0.25, -0.2) is 8.42 Å². The lowest BCUT2D eigenvalue weighted by molar-refractivity contribution is -0.144. The SMILES string of the molecule is CS(=O)(=O)c1ccc(NC(=O)COC(=O)CSc2cccc3cccc(Cl)c23)cc1. The van der Waals surface area contributed by atoms with Gasteiger partial charge in [-0.05, 0) is 41.8 Å². The number of carbonyl (C=O) groups is 2. The number of nitrogens with one attached hydrogen (secondary N) is 1. The van der Waals surface area contributed by atoms with Crippen LogP contribution in [0, 0.1) is 0 Å². The zero-order chi connectivity index (χ0) is 21.7. The number of thioether (sulfide) groups is 1. The minimum atomic E-state index is -3.31.